The van der Waals surface area contributed by atoms with Crippen molar-refractivity contribution >= 4 is 41.0 Å². The fourth-order valence-corrected chi connectivity index (χ4v) is 6.26. The first-order chi connectivity index (χ1) is 16.6. The number of carbonyl (C=O) groups excluding carboxylic acids is 4. The van der Waals surface area contributed by atoms with Crippen molar-refractivity contribution in [1.82, 2.24) is 4.90 Å². The number of amides is 2. The first-order valence-corrected chi connectivity index (χ1v) is 11.7. The number of phenols is 1. The van der Waals surface area contributed by atoms with Crippen molar-refractivity contribution in [3.63, 3.8) is 0 Å². The molecule has 1 aliphatic heterocycles. The summed E-state index contributed by atoms with van der Waals surface area (Å²) in [4.78, 5) is 64.8. The molecule has 180 valence electrons. The molecule has 0 unspecified atom stereocenters. The van der Waals surface area contributed by atoms with Crippen LogP contribution in [0.3, 0.4) is 0 Å². The minimum Gasteiger partial charge on any atom is -0.508 e. The third-order valence-electron chi connectivity index (χ3n) is 7.50. The minimum absolute atomic E-state index is 0.0505. The van der Waals surface area contributed by atoms with Crippen molar-refractivity contribution in [2.75, 3.05) is 6.54 Å². The van der Waals surface area contributed by atoms with Crippen molar-refractivity contribution in [2.24, 2.45) is 17.8 Å². The van der Waals surface area contributed by atoms with E-state index in [2.05, 4.69) is 0 Å². The van der Waals surface area contributed by atoms with E-state index >= 15 is 0 Å². The molecule has 1 aromatic rings. The Bertz CT molecular complexity index is 1320. The van der Waals surface area contributed by atoms with Crippen LogP contribution in [0.1, 0.15) is 37.7 Å². The lowest BCUT2D eigenvalue weighted by molar-refractivity contribution is -0.142. The Hall–Kier alpha value is -3.52. The molecule has 9 heteroatoms. The quantitative estimate of drug-likeness (QED) is 0.373. The lowest BCUT2D eigenvalue weighted by atomic mass is 9.59. The molecule has 1 saturated heterocycles. The van der Waals surface area contributed by atoms with Crippen LogP contribution in [-0.2, 0) is 24.0 Å². The number of Topliss-reactive ketones (excluding diaryl/α,β-unsaturated/α-hetero) is 1. The van der Waals surface area contributed by atoms with E-state index in [0.29, 0.717) is 22.3 Å². The summed E-state index contributed by atoms with van der Waals surface area (Å²) < 4.78 is 0. The number of carboxylic acid groups (broad SMARTS) is 1. The molecule has 2 amide bonds. The van der Waals surface area contributed by atoms with Crippen LogP contribution >= 0.6 is 11.6 Å². The zero-order valence-corrected chi connectivity index (χ0v) is 19.5. The van der Waals surface area contributed by atoms with Gasteiger partial charge in [0.05, 0.1) is 18.3 Å². The number of halogens is 1. The first kappa shape index (κ1) is 23.2. The maximum Gasteiger partial charge on any atom is 0.305 e. The van der Waals surface area contributed by atoms with Gasteiger partial charge < -0.3 is 10.2 Å². The lowest BCUT2D eigenvalue weighted by Gasteiger charge is -2.42. The first-order valence-electron chi connectivity index (χ1n) is 11.4. The highest BCUT2D eigenvalue weighted by molar-refractivity contribution is 6.32. The van der Waals surface area contributed by atoms with Gasteiger partial charge in [-0.05, 0) is 49.5 Å². The van der Waals surface area contributed by atoms with Gasteiger partial charge in [0.1, 0.15) is 5.75 Å². The van der Waals surface area contributed by atoms with Crippen LogP contribution in [0.5, 0.6) is 5.75 Å². The maximum atomic E-state index is 13.4. The van der Waals surface area contributed by atoms with E-state index in [1.54, 1.807) is 13.0 Å². The van der Waals surface area contributed by atoms with Gasteiger partial charge in [0.2, 0.25) is 11.8 Å². The summed E-state index contributed by atoms with van der Waals surface area (Å²) in [6.07, 6.45) is 3.22. The Kier molecular flexibility index (Phi) is 5.51. The largest absolute Gasteiger partial charge is 0.508 e. The van der Waals surface area contributed by atoms with Gasteiger partial charge in [-0.25, -0.2) is 0 Å². The van der Waals surface area contributed by atoms with Crippen LogP contribution in [0.4, 0.5) is 0 Å². The smallest absolute Gasteiger partial charge is 0.305 e. The topological polar surface area (TPSA) is 129 Å². The van der Waals surface area contributed by atoms with Crippen molar-refractivity contribution in [3.8, 4) is 5.75 Å². The Morgan fingerprint density at radius 1 is 1.14 bits per heavy atom. The summed E-state index contributed by atoms with van der Waals surface area (Å²) in [6, 6.07) is 4.42. The van der Waals surface area contributed by atoms with Gasteiger partial charge in [0.15, 0.2) is 11.6 Å². The third-order valence-corrected chi connectivity index (χ3v) is 7.83. The van der Waals surface area contributed by atoms with Gasteiger partial charge in [-0.3, -0.25) is 28.9 Å². The Morgan fingerprint density at radius 2 is 1.89 bits per heavy atom. The number of carbonyl (C=O) groups is 5. The summed E-state index contributed by atoms with van der Waals surface area (Å²) in [5.74, 6) is -5.20. The molecule has 8 nitrogen and oxygen atoms in total. The minimum atomic E-state index is -1.11. The summed E-state index contributed by atoms with van der Waals surface area (Å²) >= 11 is 6.49. The highest BCUT2D eigenvalue weighted by Gasteiger charge is 2.56. The van der Waals surface area contributed by atoms with Crippen LogP contribution in [0, 0.1) is 17.8 Å². The molecule has 1 heterocycles. The van der Waals surface area contributed by atoms with Gasteiger partial charge in [0.25, 0.3) is 0 Å². The monoisotopic (exact) mass is 495 g/mol. The number of allylic oxidation sites excluding steroid dienone is 6. The fourth-order valence-electron chi connectivity index (χ4n) is 5.98. The third kappa shape index (κ3) is 3.55. The van der Waals surface area contributed by atoms with Crippen LogP contribution < -0.4 is 0 Å². The number of imide groups is 1. The van der Waals surface area contributed by atoms with Gasteiger partial charge in [0, 0.05) is 34.2 Å². The molecule has 0 spiro atoms. The Morgan fingerprint density at radius 3 is 2.57 bits per heavy atom. The number of aromatic hydroxyl groups is 1. The van der Waals surface area contributed by atoms with Crippen LogP contribution in [0.15, 0.2) is 52.6 Å². The van der Waals surface area contributed by atoms with E-state index in [0.717, 1.165) is 10.5 Å². The number of nitrogens with zero attached hydrogens (tertiary/aromatic N) is 1. The van der Waals surface area contributed by atoms with E-state index in [1.165, 1.54) is 18.2 Å². The molecule has 0 saturated carbocycles. The maximum absolute atomic E-state index is 13.4. The average Bonchev–Trinajstić information content (AvgIpc) is 3.04. The van der Waals surface area contributed by atoms with Gasteiger partial charge in [-0.2, -0.15) is 0 Å². The van der Waals surface area contributed by atoms with E-state index < -0.39 is 41.5 Å². The normalized spacial score (nSPS) is 27.9. The summed E-state index contributed by atoms with van der Waals surface area (Å²) in [6.45, 7) is 1.36. The number of hydrogen-bond acceptors (Lipinski definition) is 6. The molecule has 0 bridgehead atoms. The predicted molar refractivity (Wildman–Crippen MR) is 123 cm³/mol. The Labute approximate surface area is 205 Å². The SMILES string of the molecule is CC1=CC(=O)C2=C(C[C@@H]3C(=CC[C@@H]4C(=O)N(CCC(=O)O)C(=O)[C@@H]43)[C@@H]2c2ccc(O)cc2Cl)C1=O. The number of phenolic OH excluding ortho intramolecular Hbond substituents is 1. The summed E-state index contributed by atoms with van der Waals surface area (Å²) in [5.41, 5.74) is 2.21. The predicted octanol–water partition coefficient (Wildman–Crippen LogP) is 2.95. The molecule has 4 atom stereocenters. The second kappa shape index (κ2) is 8.30. The Balaban J connectivity index is 1.64. The van der Waals surface area contributed by atoms with Gasteiger partial charge in [-0.15, -0.1) is 0 Å². The van der Waals surface area contributed by atoms with Crippen LogP contribution in [0.2, 0.25) is 5.02 Å². The van der Waals surface area contributed by atoms with E-state index in [1.807, 2.05) is 6.08 Å². The van der Waals surface area contributed by atoms with Gasteiger partial charge >= 0.3 is 5.97 Å². The molecule has 1 aromatic carbocycles. The molecular formula is C26H22ClNO7. The highest BCUT2D eigenvalue weighted by atomic mass is 35.5. The van der Waals surface area contributed by atoms with Crippen molar-refractivity contribution in [3.05, 3.63) is 63.2 Å². The highest BCUT2D eigenvalue weighted by Crippen LogP contribution is 2.55. The van der Waals surface area contributed by atoms with Crippen LogP contribution in [-0.4, -0.2) is 51.0 Å². The summed E-state index contributed by atoms with van der Waals surface area (Å²) in [7, 11) is 0. The molecule has 1 fully saturated rings. The van der Waals surface area contributed by atoms with E-state index in [4.69, 9.17) is 16.7 Å². The fraction of sp³-hybridized carbons (Fsp3) is 0.346. The standard InChI is InChI=1S/C26H22ClNO7/c1-11-8-19(30)23-17(24(11)33)10-16-13(21(23)14-3-2-12(29)9-18(14)27)4-5-15-22(16)26(35)28(25(15)34)7-6-20(31)32/h2-4,8-9,15-16,21-22,29H,5-7,10H2,1H3,(H,31,32)/t15-,16+,21+,22-/m0/s1. The zero-order valence-electron chi connectivity index (χ0n) is 18.8. The molecule has 3 aliphatic carbocycles. The molecule has 0 radical (unpaired) electrons. The molecule has 2 N–H and O–H groups in total. The number of rotatable bonds is 4. The number of carboxylic acids is 1. The number of aliphatic carboxylic acids is 1. The number of fused-ring (bicyclic) bond motifs is 3. The van der Waals surface area contributed by atoms with Crippen LogP contribution in [0.25, 0.3) is 0 Å². The molecule has 0 aromatic heterocycles. The number of benzene rings is 1. The van der Waals surface area contributed by atoms with E-state index in [9.17, 15) is 29.1 Å². The molecular weight excluding hydrogens is 474 g/mol. The molecule has 35 heavy (non-hydrogen) atoms. The lowest BCUT2D eigenvalue weighted by Crippen LogP contribution is -2.40. The summed E-state index contributed by atoms with van der Waals surface area (Å²) in [5, 5.41) is 19.1. The average molecular weight is 496 g/mol. The van der Waals surface area contributed by atoms with Crippen molar-refractivity contribution in [2.45, 2.75) is 32.1 Å². The second-order valence-corrected chi connectivity index (χ2v) is 9.81. The van der Waals surface area contributed by atoms with Crippen molar-refractivity contribution in [1.29, 1.82) is 0 Å². The van der Waals surface area contributed by atoms with Crippen molar-refractivity contribution < 1.29 is 34.2 Å². The second-order valence-electron chi connectivity index (χ2n) is 9.41. The number of likely N-dealkylation sites (tertiary alicyclic amines) is 1. The van der Waals surface area contributed by atoms with E-state index in [-0.39, 0.29) is 48.1 Å². The van der Waals surface area contributed by atoms with Gasteiger partial charge in [-0.1, -0.05) is 29.3 Å². The number of ketones is 2. The molecule has 4 aliphatic rings. The zero-order chi connectivity index (χ0) is 25.2. The molecule has 5 rings (SSSR count). The number of hydrogen-bond donors (Lipinski definition) is 2.